The summed E-state index contributed by atoms with van der Waals surface area (Å²) in [6, 6.07) is 9.03. The average Bonchev–Trinajstić information content (AvgIpc) is 2.78. The Hall–Kier alpha value is -0.590. The zero-order valence-electron chi connectivity index (χ0n) is 11.2. The summed E-state index contributed by atoms with van der Waals surface area (Å²) in [5.41, 5.74) is 0.568. The van der Waals surface area contributed by atoms with E-state index in [1.165, 1.54) is 4.88 Å². The second kappa shape index (κ2) is 7.61. The van der Waals surface area contributed by atoms with Crippen LogP contribution in [0, 0.1) is 0 Å². The number of hydrogen-bond acceptors (Lipinski definition) is 3. The number of carbonyl (C=O) groups excluding carboxylic acids is 1. The topological polar surface area (TPSA) is 32.3 Å². The quantitative estimate of drug-likeness (QED) is 0.765. The van der Waals surface area contributed by atoms with Crippen molar-refractivity contribution in [3.8, 4) is 0 Å². The van der Waals surface area contributed by atoms with Gasteiger partial charge in [-0.05, 0) is 53.3 Å². The number of nitrogens with one attached hydrogen (secondary N) is 1. The molecule has 21 heavy (non-hydrogen) atoms. The lowest BCUT2D eigenvalue weighted by molar-refractivity contribution is -0.117. The van der Waals surface area contributed by atoms with Crippen LogP contribution in [0.1, 0.15) is 4.88 Å². The molecule has 1 amide bonds. The van der Waals surface area contributed by atoms with Crippen molar-refractivity contribution in [1.82, 2.24) is 4.90 Å². The molecule has 112 valence electrons. The first-order chi connectivity index (χ1) is 9.94. The predicted molar refractivity (Wildman–Crippen MR) is 93.4 cm³/mol. The number of benzene rings is 1. The Bertz CT molecular complexity index is 648. The van der Waals surface area contributed by atoms with Crippen LogP contribution in [0.25, 0.3) is 0 Å². The first-order valence-corrected chi connectivity index (χ1v) is 8.48. The van der Waals surface area contributed by atoms with E-state index >= 15 is 0 Å². The van der Waals surface area contributed by atoms with Crippen molar-refractivity contribution in [2.24, 2.45) is 0 Å². The molecule has 0 bridgehead atoms. The number of likely N-dealkylation sites (N-methyl/N-ethyl adjacent to an activating group) is 1. The molecule has 3 nitrogen and oxygen atoms in total. The molecule has 1 heterocycles. The molecular weight excluding hydrogens is 395 g/mol. The Balaban J connectivity index is 1.89. The number of rotatable bonds is 5. The lowest BCUT2D eigenvalue weighted by Crippen LogP contribution is -2.29. The van der Waals surface area contributed by atoms with Gasteiger partial charge in [0.25, 0.3) is 0 Å². The fourth-order valence-electron chi connectivity index (χ4n) is 1.78. The monoisotopic (exact) mass is 406 g/mol. The van der Waals surface area contributed by atoms with Crippen LogP contribution < -0.4 is 5.32 Å². The van der Waals surface area contributed by atoms with Crippen LogP contribution in [0.2, 0.25) is 10.0 Å². The molecule has 0 unspecified atom stereocenters. The fourth-order valence-corrected chi connectivity index (χ4v) is 3.80. The van der Waals surface area contributed by atoms with Gasteiger partial charge in [-0.25, -0.2) is 0 Å². The van der Waals surface area contributed by atoms with Gasteiger partial charge in [0.1, 0.15) is 0 Å². The van der Waals surface area contributed by atoms with Crippen LogP contribution in [0.5, 0.6) is 0 Å². The van der Waals surface area contributed by atoms with E-state index in [0.29, 0.717) is 15.7 Å². The zero-order chi connectivity index (χ0) is 15.4. The normalized spacial score (nSPS) is 10.9. The summed E-state index contributed by atoms with van der Waals surface area (Å²) in [4.78, 5) is 15.1. The van der Waals surface area contributed by atoms with Crippen LogP contribution >= 0.6 is 50.5 Å². The van der Waals surface area contributed by atoms with Gasteiger partial charge in [0.15, 0.2) is 0 Å². The minimum atomic E-state index is -0.114. The third kappa shape index (κ3) is 5.27. The first-order valence-electron chi connectivity index (χ1n) is 6.11. The maximum absolute atomic E-state index is 12.0. The predicted octanol–water partition coefficient (Wildman–Crippen LogP) is 4.89. The number of hydrogen-bond donors (Lipinski definition) is 1. The Labute approximate surface area is 146 Å². The van der Waals surface area contributed by atoms with Crippen molar-refractivity contribution in [3.63, 3.8) is 0 Å². The molecule has 0 fully saturated rings. The van der Waals surface area contributed by atoms with Crippen molar-refractivity contribution < 1.29 is 4.79 Å². The number of nitrogens with zero attached hydrogens (tertiary/aromatic N) is 1. The van der Waals surface area contributed by atoms with Crippen molar-refractivity contribution in [2.45, 2.75) is 6.54 Å². The molecule has 7 heteroatoms. The maximum atomic E-state index is 12.0. The number of halogens is 3. The van der Waals surface area contributed by atoms with E-state index in [4.69, 9.17) is 23.2 Å². The van der Waals surface area contributed by atoms with E-state index < -0.39 is 0 Å². The van der Waals surface area contributed by atoms with E-state index in [1.807, 2.05) is 24.1 Å². The molecule has 0 saturated heterocycles. The number of amides is 1. The maximum Gasteiger partial charge on any atom is 0.238 e. The van der Waals surface area contributed by atoms with E-state index in [1.54, 1.807) is 29.5 Å². The molecule has 0 saturated carbocycles. The van der Waals surface area contributed by atoms with Crippen LogP contribution in [-0.2, 0) is 11.3 Å². The van der Waals surface area contributed by atoms with E-state index in [9.17, 15) is 4.79 Å². The molecule has 0 atom stereocenters. The highest BCUT2D eigenvalue weighted by atomic mass is 79.9. The summed E-state index contributed by atoms with van der Waals surface area (Å²) in [7, 11) is 1.90. The van der Waals surface area contributed by atoms with Gasteiger partial charge >= 0.3 is 0 Å². The number of carbonyl (C=O) groups is 1. The molecule has 0 aliphatic rings. The highest BCUT2D eigenvalue weighted by Crippen LogP contribution is 2.25. The molecule has 0 aliphatic carbocycles. The van der Waals surface area contributed by atoms with E-state index in [-0.39, 0.29) is 12.5 Å². The summed E-state index contributed by atoms with van der Waals surface area (Å²) in [5.74, 6) is -0.114. The molecular formula is C14H13BrCl2N2OS. The summed E-state index contributed by atoms with van der Waals surface area (Å²) in [6.45, 7) is 1.01. The van der Waals surface area contributed by atoms with Crippen LogP contribution in [0.3, 0.4) is 0 Å². The Morgan fingerprint density at radius 2 is 2.10 bits per heavy atom. The standard InChI is InChI=1S/C14H13BrCl2N2OS/c1-19(7-10-3-5-13(15)21-10)8-14(20)18-12-4-2-9(16)6-11(12)17/h2-6H,7-8H2,1H3,(H,18,20). The van der Waals surface area contributed by atoms with E-state index in [2.05, 4.69) is 21.2 Å². The molecule has 2 aromatic rings. The Kier molecular flexibility index (Phi) is 6.08. The van der Waals surface area contributed by atoms with Gasteiger partial charge in [0.05, 0.1) is 21.0 Å². The molecule has 2 rings (SSSR count). The van der Waals surface area contributed by atoms with E-state index in [0.717, 1.165) is 10.3 Å². The minimum absolute atomic E-state index is 0.114. The van der Waals surface area contributed by atoms with Crippen molar-refractivity contribution in [2.75, 3.05) is 18.9 Å². The van der Waals surface area contributed by atoms with Crippen molar-refractivity contribution >= 4 is 62.1 Å². The smallest absolute Gasteiger partial charge is 0.238 e. The molecule has 1 aromatic heterocycles. The molecule has 1 N–H and O–H groups in total. The highest BCUT2D eigenvalue weighted by molar-refractivity contribution is 9.11. The van der Waals surface area contributed by atoms with Gasteiger partial charge < -0.3 is 5.32 Å². The van der Waals surface area contributed by atoms with Gasteiger partial charge in [0, 0.05) is 16.4 Å². The second-order valence-corrected chi connectivity index (χ2v) is 7.94. The zero-order valence-corrected chi connectivity index (χ0v) is 15.1. The van der Waals surface area contributed by atoms with Gasteiger partial charge in [-0.2, -0.15) is 0 Å². The van der Waals surface area contributed by atoms with Gasteiger partial charge in [-0.15, -0.1) is 11.3 Å². The number of anilines is 1. The summed E-state index contributed by atoms with van der Waals surface area (Å²) in [5, 5.41) is 3.75. The van der Waals surface area contributed by atoms with Crippen molar-refractivity contribution in [3.05, 3.63) is 49.0 Å². The molecule has 0 spiro atoms. The third-order valence-corrected chi connectivity index (χ3v) is 4.83. The van der Waals surface area contributed by atoms with Crippen LogP contribution in [0.4, 0.5) is 5.69 Å². The Morgan fingerprint density at radius 1 is 1.33 bits per heavy atom. The van der Waals surface area contributed by atoms with Gasteiger partial charge in [-0.1, -0.05) is 23.2 Å². The largest absolute Gasteiger partial charge is 0.324 e. The van der Waals surface area contributed by atoms with Crippen LogP contribution in [-0.4, -0.2) is 24.4 Å². The molecule has 1 aromatic carbocycles. The fraction of sp³-hybridized carbons (Fsp3) is 0.214. The lowest BCUT2D eigenvalue weighted by Gasteiger charge is -2.15. The first kappa shape index (κ1) is 16.8. The summed E-state index contributed by atoms with van der Waals surface area (Å²) < 4.78 is 1.09. The average molecular weight is 408 g/mol. The third-order valence-electron chi connectivity index (χ3n) is 2.67. The summed E-state index contributed by atoms with van der Waals surface area (Å²) >= 11 is 16.9. The van der Waals surface area contributed by atoms with Crippen molar-refractivity contribution in [1.29, 1.82) is 0 Å². The molecule has 0 aliphatic heterocycles. The highest BCUT2D eigenvalue weighted by Gasteiger charge is 2.10. The second-order valence-electron chi connectivity index (χ2n) is 4.55. The Morgan fingerprint density at radius 3 is 2.71 bits per heavy atom. The van der Waals surface area contributed by atoms with Crippen LogP contribution in [0.15, 0.2) is 34.1 Å². The van der Waals surface area contributed by atoms with Gasteiger partial charge in [-0.3, -0.25) is 9.69 Å². The lowest BCUT2D eigenvalue weighted by atomic mass is 10.3. The van der Waals surface area contributed by atoms with Gasteiger partial charge in [0.2, 0.25) is 5.91 Å². The number of thiophene rings is 1. The molecule has 0 radical (unpaired) electrons. The minimum Gasteiger partial charge on any atom is -0.324 e. The SMILES string of the molecule is CN(CC(=O)Nc1ccc(Cl)cc1Cl)Cc1ccc(Br)s1. The summed E-state index contributed by atoms with van der Waals surface area (Å²) in [6.07, 6.45) is 0.